The van der Waals surface area contributed by atoms with Gasteiger partial charge in [0.25, 0.3) is 0 Å². The van der Waals surface area contributed by atoms with Crippen molar-refractivity contribution >= 4 is 5.97 Å². The number of carbonyl (C=O) groups is 1. The largest absolute Gasteiger partial charge is 0.478 e. The Morgan fingerprint density at radius 2 is 2.05 bits per heavy atom. The number of furan rings is 1. The normalized spacial score (nSPS) is 19.2. The SMILES string of the molecule is Cc1ccc(C2COCCN2Cc2ccc(C(=O)O)cc2)o1. The Kier molecular flexibility index (Phi) is 4.27. The third-order valence-corrected chi connectivity index (χ3v) is 3.92. The van der Waals surface area contributed by atoms with E-state index in [1.54, 1.807) is 12.1 Å². The summed E-state index contributed by atoms with van der Waals surface area (Å²) in [6.45, 7) is 4.81. The molecule has 1 aliphatic rings. The van der Waals surface area contributed by atoms with Gasteiger partial charge in [0.15, 0.2) is 0 Å². The van der Waals surface area contributed by atoms with Gasteiger partial charge in [-0.1, -0.05) is 12.1 Å². The first kappa shape index (κ1) is 14.8. The van der Waals surface area contributed by atoms with Crippen LogP contribution < -0.4 is 0 Å². The molecule has 116 valence electrons. The molecule has 0 amide bonds. The summed E-state index contributed by atoms with van der Waals surface area (Å²) in [5, 5.41) is 8.95. The predicted octanol–water partition coefficient (Wildman–Crippen LogP) is 2.86. The minimum absolute atomic E-state index is 0.0987. The van der Waals surface area contributed by atoms with E-state index in [1.165, 1.54) is 0 Å². The second-order valence-electron chi connectivity index (χ2n) is 5.51. The molecule has 1 N–H and O–H groups in total. The third kappa shape index (κ3) is 3.21. The van der Waals surface area contributed by atoms with Crippen LogP contribution in [0.5, 0.6) is 0 Å². The number of rotatable bonds is 4. The van der Waals surface area contributed by atoms with Crippen LogP contribution in [0.15, 0.2) is 40.8 Å². The molecule has 0 spiro atoms. The maximum absolute atomic E-state index is 10.9. The first-order chi connectivity index (χ1) is 10.6. The van der Waals surface area contributed by atoms with Crippen LogP contribution in [0.2, 0.25) is 0 Å². The van der Waals surface area contributed by atoms with E-state index in [4.69, 9.17) is 14.3 Å². The zero-order valence-electron chi connectivity index (χ0n) is 12.5. The molecule has 1 aromatic carbocycles. The van der Waals surface area contributed by atoms with E-state index >= 15 is 0 Å². The molecule has 0 saturated carbocycles. The molecule has 1 unspecified atom stereocenters. The fourth-order valence-electron chi connectivity index (χ4n) is 2.71. The summed E-state index contributed by atoms with van der Waals surface area (Å²) < 4.78 is 11.3. The summed E-state index contributed by atoms with van der Waals surface area (Å²) in [6.07, 6.45) is 0. The second-order valence-corrected chi connectivity index (χ2v) is 5.51. The summed E-state index contributed by atoms with van der Waals surface area (Å²) in [5.41, 5.74) is 1.39. The molecule has 22 heavy (non-hydrogen) atoms. The van der Waals surface area contributed by atoms with Crippen LogP contribution in [0, 0.1) is 6.92 Å². The van der Waals surface area contributed by atoms with Gasteiger partial charge in [0.2, 0.25) is 0 Å². The Bertz CT molecular complexity index is 647. The highest BCUT2D eigenvalue weighted by Gasteiger charge is 2.27. The number of ether oxygens (including phenoxy) is 1. The first-order valence-corrected chi connectivity index (χ1v) is 7.34. The molecule has 1 aliphatic heterocycles. The molecule has 3 rings (SSSR count). The summed E-state index contributed by atoms with van der Waals surface area (Å²) >= 11 is 0. The van der Waals surface area contributed by atoms with Crippen LogP contribution >= 0.6 is 0 Å². The number of nitrogens with zero attached hydrogens (tertiary/aromatic N) is 1. The molecule has 2 heterocycles. The number of benzene rings is 1. The van der Waals surface area contributed by atoms with Gasteiger partial charge in [-0.3, -0.25) is 4.90 Å². The van der Waals surface area contributed by atoms with Crippen molar-refractivity contribution in [1.29, 1.82) is 0 Å². The zero-order valence-corrected chi connectivity index (χ0v) is 12.5. The van der Waals surface area contributed by atoms with Crippen molar-refractivity contribution in [2.24, 2.45) is 0 Å². The fraction of sp³-hybridized carbons (Fsp3) is 0.353. The number of carboxylic acid groups (broad SMARTS) is 1. The fourth-order valence-corrected chi connectivity index (χ4v) is 2.71. The quantitative estimate of drug-likeness (QED) is 0.941. The van der Waals surface area contributed by atoms with Crippen molar-refractivity contribution in [3.63, 3.8) is 0 Å². The van der Waals surface area contributed by atoms with Crippen LogP contribution in [-0.2, 0) is 11.3 Å². The van der Waals surface area contributed by atoms with Gasteiger partial charge in [0.1, 0.15) is 11.5 Å². The summed E-state index contributed by atoms with van der Waals surface area (Å²) in [7, 11) is 0. The molecule has 0 bridgehead atoms. The van der Waals surface area contributed by atoms with Gasteiger partial charge >= 0.3 is 5.97 Å². The first-order valence-electron chi connectivity index (χ1n) is 7.34. The molecule has 1 fully saturated rings. The van der Waals surface area contributed by atoms with Crippen molar-refractivity contribution in [3.05, 3.63) is 59.0 Å². The van der Waals surface area contributed by atoms with E-state index in [1.807, 2.05) is 31.2 Å². The molecule has 5 heteroatoms. The number of hydrogen-bond acceptors (Lipinski definition) is 4. The van der Waals surface area contributed by atoms with Gasteiger partial charge < -0.3 is 14.3 Å². The van der Waals surface area contributed by atoms with Crippen LogP contribution in [0.1, 0.15) is 33.5 Å². The monoisotopic (exact) mass is 301 g/mol. The third-order valence-electron chi connectivity index (χ3n) is 3.92. The van der Waals surface area contributed by atoms with Crippen molar-refractivity contribution in [2.75, 3.05) is 19.8 Å². The van der Waals surface area contributed by atoms with Crippen LogP contribution in [0.25, 0.3) is 0 Å². The second kappa shape index (κ2) is 6.34. The van der Waals surface area contributed by atoms with Gasteiger partial charge in [-0.05, 0) is 36.8 Å². The minimum Gasteiger partial charge on any atom is -0.478 e. The van der Waals surface area contributed by atoms with E-state index in [-0.39, 0.29) is 6.04 Å². The number of aryl methyl sites for hydroxylation is 1. The lowest BCUT2D eigenvalue weighted by molar-refractivity contribution is -0.0205. The summed E-state index contributed by atoms with van der Waals surface area (Å²) in [6, 6.07) is 11.1. The maximum atomic E-state index is 10.9. The average molecular weight is 301 g/mol. The van der Waals surface area contributed by atoms with Crippen LogP contribution in [0.4, 0.5) is 0 Å². The van der Waals surface area contributed by atoms with E-state index in [9.17, 15) is 4.79 Å². The molecule has 1 saturated heterocycles. The predicted molar refractivity (Wildman–Crippen MR) is 80.8 cm³/mol. The molecular weight excluding hydrogens is 282 g/mol. The lowest BCUT2D eigenvalue weighted by Gasteiger charge is -2.34. The smallest absolute Gasteiger partial charge is 0.335 e. The van der Waals surface area contributed by atoms with Crippen molar-refractivity contribution in [1.82, 2.24) is 4.90 Å². The Hall–Kier alpha value is -2.11. The molecule has 1 atom stereocenters. The van der Waals surface area contributed by atoms with Crippen molar-refractivity contribution in [2.45, 2.75) is 19.5 Å². The number of hydrogen-bond donors (Lipinski definition) is 1. The lowest BCUT2D eigenvalue weighted by Crippen LogP contribution is -2.38. The summed E-state index contributed by atoms with van der Waals surface area (Å²) in [5.74, 6) is 0.910. The number of morpholine rings is 1. The van der Waals surface area contributed by atoms with Crippen LogP contribution in [-0.4, -0.2) is 35.7 Å². The molecule has 1 aromatic heterocycles. The Balaban J connectivity index is 1.75. The highest BCUT2D eigenvalue weighted by molar-refractivity contribution is 5.87. The topological polar surface area (TPSA) is 62.9 Å². The average Bonchev–Trinajstić information content (AvgIpc) is 2.95. The number of aromatic carboxylic acids is 1. The zero-order chi connectivity index (χ0) is 15.5. The molecule has 5 nitrogen and oxygen atoms in total. The minimum atomic E-state index is -0.901. The molecular formula is C17H19NO4. The van der Waals surface area contributed by atoms with Gasteiger partial charge in [0.05, 0.1) is 24.8 Å². The summed E-state index contributed by atoms with van der Waals surface area (Å²) in [4.78, 5) is 13.2. The standard InChI is InChI=1S/C17H19NO4/c1-12-2-7-16(22-12)15-11-21-9-8-18(15)10-13-3-5-14(6-4-13)17(19)20/h2-7,15H,8-11H2,1H3,(H,19,20). The van der Waals surface area contributed by atoms with Gasteiger partial charge in [0, 0.05) is 13.1 Å². The van der Waals surface area contributed by atoms with Crippen molar-refractivity contribution in [3.8, 4) is 0 Å². The van der Waals surface area contributed by atoms with E-state index in [0.29, 0.717) is 18.8 Å². The molecule has 0 radical (unpaired) electrons. The molecule has 0 aliphatic carbocycles. The lowest BCUT2D eigenvalue weighted by atomic mass is 10.1. The Labute approximate surface area is 129 Å². The van der Waals surface area contributed by atoms with E-state index in [0.717, 1.165) is 30.2 Å². The van der Waals surface area contributed by atoms with E-state index in [2.05, 4.69) is 4.90 Å². The van der Waals surface area contributed by atoms with Crippen LogP contribution in [0.3, 0.4) is 0 Å². The maximum Gasteiger partial charge on any atom is 0.335 e. The molecule has 2 aromatic rings. The van der Waals surface area contributed by atoms with Gasteiger partial charge in [-0.2, -0.15) is 0 Å². The van der Waals surface area contributed by atoms with Gasteiger partial charge in [-0.25, -0.2) is 4.79 Å². The Morgan fingerprint density at radius 3 is 2.68 bits per heavy atom. The highest BCUT2D eigenvalue weighted by Crippen LogP contribution is 2.27. The van der Waals surface area contributed by atoms with Crippen molar-refractivity contribution < 1.29 is 19.1 Å². The highest BCUT2D eigenvalue weighted by atomic mass is 16.5. The van der Waals surface area contributed by atoms with E-state index < -0.39 is 5.97 Å². The number of carboxylic acids is 1. The van der Waals surface area contributed by atoms with Gasteiger partial charge in [-0.15, -0.1) is 0 Å². The Morgan fingerprint density at radius 1 is 1.27 bits per heavy atom.